The number of para-hydroxylation sites is 1. The van der Waals surface area contributed by atoms with E-state index in [1.807, 2.05) is 38.1 Å². The molecule has 2 amide bonds. The zero-order valence-electron chi connectivity index (χ0n) is 18.6. The van der Waals surface area contributed by atoms with E-state index in [2.05, 4.69) is 6.92 Å². The summed E-state index contributed by atoms with van der Waals surface area (Å²) in [6, 6.07) is 6.99. The molecule has 2 unspecified atom stereocenters. The van der Waals surface area contributed by atoms with Crippen LogP contribution >= 0.6 is 0 Å². The van der Waals surface area contributed by atoms with Crippen LogP contribution in [0, 0.1) is 5.92 Å². The van der Waals surface area contributed by atoms with Gasteiger partial charge in [-0.3, -0.25) is 14.4 Å². The molecule has 0 aliphatic carbocycles. The Kier molecular flexibility index (Phi) is 9.15. The highest BCUT2D eigenvalue weighted by Crippen LogP contribution is 2.41. The first kappa shape index (κ1) is 23.7. The van der Waals surface area contributed by atoms with Gasteiger partial charge in [0.2, 0.25) is 5.91 Å². The highest BCUT2D eigenvalue weighted by Gasteiger charge is 2.42. The highest BCUT2D eigenvalue weighted by atomic mass is 16.5. The van der Waals surface area contributed by atoms with Crippen molar-refractivity contribution in [3.8, 4) is 5.75 Å². The fraction of sp³-hybridized carbons (Fsp3) is 0.609. The number of piperidine rings is 1. The topological polar surface area (TPSA) is 76.2 Å². The van der Waals surface area contributed by atoms with Gasteiger partial charge >= 0.3 is 5.97 Å². The maximum Gasteiger partial charge on any atom is 0.311 e. The molecule has 166 valence electrons. The van der Waals surface area contributed by atoms with Crippen molar-refractivity contribution < 1.29 is 23.9 Å². The lowest BCUT2D eigenvalue weighted by Gasteiger charge is -2.41. The number of amides is 2. The minimum Gasteiger partial charge on any atom is -0.496 e. The SMILES string of the molecule is CCCCN1C(=O)CCC(C(=O)OCC(=O)N(CC)CC)C1c1ccccc1OC. The minimum atomic E-state index is -0.541. The number of hydrogen-bond donors (Lipinski definition) is 0. The first-order chi connectivity index (χ1) is 14.5. The predicted molar refractivity (Wildman–Crippen MR) is 114 cm³/mol. The zero-order chi connectivity index (χ0) is 22.1. The van der Waals surface area contributed by atoms with Crippen molar-refractivity contribution in [3.05, 3.63) is 29.8 Å². The maximum absolute atomic E-state index is 13.0. The summed E-state index contributed by atoms with van der Waals surface area (Å²) in [5.41, 5.74) is 0.793. The molecular weight excluding hydrogens is 384 g/mol. The molecule has 1 fully saturated rings. The van der Waals surface area contributed by atoms with Crippen molar-refractivity contribution in [1.82, 2.24) is 9.80 Å². The van der Waals surface area contributed by atoms with Crippen molar-refractivity contribution in [1.29, 1.82) is 0 Å². The third-order valence-corrected chi connectivity index (χ3v) is 5.67. The largest absolute Gasteiger partial charge is 0.496 e. The molecule has 1 aromatic rings. The molecule has 0 spiro atoms. The average molecular weight is 419 g/mol. The lowest BCUT2D eigenvalue weighted by molar-refractivity contribution is -0.161. The van der Waals surface area contributed by atoms with Crippen LogP contribution in [0.1, 0.15) is 58.1 Å². The van der Waals surface area contributed by atoms with Gasteiger partial charge in [0.15, 0.2) is 6.61 Å². The van der Waals surface area contributed by atoms with Crippen LogP contribution in [0.25, 0.3) is 0 Å². The second kappa shape index (κ2) is 11.6. The summed E-state index contributed by atoms with van der Waals surface area (Å²) in [5.74, 6) is -0.531. The zero-order valence-corrected chi connectivity index (χ0v) is 18.6. The van der Waals surface area contributed by atoms with Gasteiger partial charge in [-0.05, 0) is 32.8 Å². The van der Waals surface area contributed by atoms with E-state index in [9.17, 15) is 14.4 Å². The fourth-order valence-electron chi connectivity index (χ4n) is 3.99. The number of likely N-dealkylation sites (tertiary alicyclic amines) is 1. The van der Waals surface area contributed by atoms with E-state index in [-0.39, 0.29) is 18.4 Å². The van der Waals surface area contributed by atoms with Crippen LogP contribution in [0.4, 0.5) is 0 Å². The Hall–Kier alpha value is -2.57. The molecule has 1 aliphatic heterocycles. The Morgan fingerprint density at radius 2 is 1.87 bits per heavy atom. The Bertz CT molecular complexity index is 732. The van der Waals surface area contributed by atoms with Gasteiger partial charge in [-0.1, -0.05) is 31.5 Å². The molecule has 0 saturated carbocycles. The van der Waals surface area contributed by atoms with Crippen molar-refractivity contribution in [2.45, 2.75) is 52.5 Å². The van der Waals surface area contributed by atoms with Crippen molar-refractivity contribution in [2.75, 3.05) is 33.4 Å². The number of rotatable bonds is 10. The minimum absolute atomic E-state index is 0.0302. The van der Waals surface area contributed by atoms with Crippen LogP contribution < -0.4 is 4.74 Å². The van der Waals surface area contributed by atoms with Gasteiger partial charge in [0.05, 0.1) is 19.1 Å². The summed E-state index contributed by atoms with van der Waals surface area (Å²) in [6.07, 6.45) is 2.47. The number of benzene rings is 1. The molecule has 2 atom stereocenters. The van der Waals surface area contributed by atoms with Crippen LogP contribution in [0.5, 0.6) is 5.75 Å². The number of unbranched alkanes of at least 4 members (excludes halogenated alkanes) is 1. The molecule has 7 nitrogen and oxygen atoms in total. The number of esters is 1. The van der Waals surface area contributed by atoms with Gasteiger partial charge < -0.3 is 19.3 Å². The Labute approximate surface area is 179 Å². The normalized spacial score (nSPS) is 18.8. The average Bonchev–Trinajstić information content (AvgIpc) is 2.77. The van der Waals surface area contributed by atoms with E-state index in [1.165, 1.54) is 0 Å². The summed E-state index contributed by atoms with van der Waals surface area (Å²) in [7, 11) is 1.58. The second-order valence-corrected chi connectivity index (χ2v) is 7.45. The third-order valence-electron chi connectivity index (χ3n) is 5.67. The van der Waals surface area contributed by atoms with Crippen molar-refractivity contribution >= 4 is 17.8 Å². The van der Waals surface area contributed by atoms with Crippen molar-refractivity contribution in [3.63, 3.8) is 0 Å². The third kappa shape index (κ3) is 5.52. The van der Waals surface area contributed by atoms with Crippen LogP contribution in [-0.4, -0.2) is 60.9 Å². The molecule has 0 bridgehead atoms. The number of carbonyl (C=O) groups is 3. The lowest BCUT2D eigenvalue weighted by Crippen LogP contribution is -2.46. The number of nitrogens with zero attached hydrogens (tertiary/aromatic N) is 2. The first-order valence-electron chi connectivity index (χ1n) is 10.8. The van der Waals surface area contributed by atoms with Crippen LogP contribution in [0.15, 0.2) is 24.3 Å². The fourth-order valence-corrected chi connectivity index (χ4v) is 3.99. The van der Waals surface area contributed by atoms with E-state index in [0.29, 0.717) is 38.2 Å². The Morgan fingerprint density at radius 1 is 1.17 bits per heavy atom. The quantitative estimate of drug-likeness (QED) is 0.546. The number of methoxy groups -OCH3 is 1. The van der Waals surface area contributed by atoms with E-state index in [4.69, 9.17) is 9.47 Å². The van der Waals surface area contributed by atoms with Gasteiger partial charge in [-0.25, -0.2) is 0 Å². The van der Waals surface area contributed by atoms with Gasteiger partial charge in [0.1, 0.15) is 5.75 Å². The summed E-state index contributed by atoms with van der Waals surface area (Å²) in [6.45, 7) is 7.27. The monoisotopic (exact) mass is 418 g/mol. The predicted octanol–water partition coefficient (Wildman–Crippen LogP) is 3.19. The van der Waals surface area contributed by atoms with Gasteiger partial charge in [-0.2, -0.15) is 0 Å². The first-order valence-corrected chi connectivity index (χ1v) is 10.8. The van der Waals surface area contributed by atoms with Crippen LogP contribution in [0.2, 0.25) is 0 Å². The molecular formula is C23H34N2O5. The second-order valence-electron chi connectivity index (χ2n) is 7.45. The van der Waals surface area contributed by atoms with Crippen LogP contribution in [-0.2, 0) is 19.1 Å². The Morgan fingerprint density at radius 3 is 2.50 bits per heavy atom. The van der Waals surface area contributed by atoms with Gasteiger partial charge in [-0.15, -0.1) is 0 Å². The highest BCUT2D eigenvalue weighted by molar-refractivity contribution is 5.84. The molecule has 0 N–H and O–H groups in total. The van der Waals surface area contributed by atoms with Crippen LogP contribution in [0.3, 0.4) is 0 Å². The molecule has 1 heterocycles. The summed E-state index contributed by atoms with van der Waals surface area (Å²) < 4.78 is 11.0. The number of hydrogen-bond acceptors (Lipinski definition) is 5. The van der Waals surface area contributed by atoms with E-state index in [1.54, 1.807) is 16.9 Å². The smallest absolute Gasteiger partial charge is 0.311 e. The molecule has 7 heteroatoms. The standard InChI is InChI=1S/C23H34N2O5/c1-5-8-15-25-20(26)14-13-18(22(25)17-11-9-10-12-19(17)29-4)23(28)30-16-21(27)24(6-2)7-3/h9-12,18,22H,5-8,13-16H2,1-4H3. The molecule has 2 rings (SSSR count). The number of carbonyl (C=O) groups excluding carboxylic acids is 3. The molecule has 30 heavy (non-hydrogen) atoms. The maximum atomic E-state index is 13.0. The van der Waals surface area contributed by atoms with Gasteiger partial charge in [0.25, 0.3) is 5.91 Å². The molecule has 1 aromatic carbocycles. The molecule has 1 saturated heterocycles. The summed E-state index contributed by atoms with van der Waals surface area (Å²) >= 11 is 0. The molecule has 0 radical (unpaired) electrons. The summed E-state index contributed by atoms with van der Waals surface area (Å²) in [5, 5.41) is 0. The lowest BCUT2D eigenvalue weighted by atomic mass is 9.83. The Balaban J connectivity index is 2.29. The molecule has 0 aromatic heterocycles. The number of ether oxygens (including phenoxy) is 2. The van der Waals surface area contributed by atoms with E-state index in [0.717, 1.165) is 18.4 Å². The molecule has 1 aliphatic rings. The number of likely N-dealkylation sites (N-methyl/N-ethyl adjacent to an activating group) is 1. The van der Waals surface area contributed by atoms with Gasteiger partial charge in [0, 0.05) is 31.6 Å². The summed E-state index contributed by atoms with van der Waals surface area (Å²) in [4.78, 5) is 41.5. The van der Waals surface area contributed by atoms with E-state index < -0.39 is 17.9 Å². The van der Waals surface area contributed by atoms with E-state index >= 15 is 0 Å². The van der Waals surface area contributed by atoms with Crippen molar-refractivity contribution in [2.24, 2.45) is 5.92 Å².